The second-order valence-corrected chi connectivity index (χ2v) is 6.55. The number of hydrogen-bond donors (Lipinski definition) is 2. The molecule has 0 aromatic heterocycles. The second kappa shape index (κ2) is 8.78. The highest BCUT2D eigenvalue weighted by Crippen LogP contribution is 2.22. The Bertz CT molecular complexity index is 826. The van der Waals surface area contributed by atoms with Crippen molar-refractivity contribution in [2.75, 3.05) is 30.8 Å². The second-order valence-electron chi connectivity index (χ2n) is 6.14. The molecule has 0 heterocycles. The highest BCUT2D eigenvalue weighted by Gasteiger charge is 2.13. The van der Waals surface area contributed by atoms with Crippen molar-refractivity contribution in [3.63, 3.8) is 0 Å². The van der Waals surface area contributed by atoms with Gasteiger partial charge in [0.1, 0.15) is 5.82 Å². The van der Waals surface area contributed by atoms with E-state index in [1.165, 1.54) is 12.1 Å². The van der Waals surface area contributed by atoms with Crippen molar-refractivity contribution >= 4 is 34.8 Å². The fourth-order valence-corrected chi connectivity index (χ4v) is 2.62. The molecule has 2 amide bonds. The van der Waals surface area contributed by atoms with Crippen molar-refractivity contribution in [2.45, 2.75) is 13.8 Å². The Morgan fingerprint density at radius 3 is 2.27 bits per heavy atom. The van der Waals surface area contributed by atoms with Crippen molar-refractivity contribution in [1.29, 1.82) is 0 Å². The van der Waals surface area contributed by atoms with Crippen LogP contribution in [0, 0.1) is 19.7 Å². The average Bonchev–Trinajstić information content (AvgIpc) is 2.54. The van der Waals surface area contributed by atoms with Crippen LogP contribution in [0.1, 0.15) is 11.1 Å². The van der Waals surface area contributed by atoms with Crippen LogP contribution in [0.25, 0.3) is 0 Å². The van der Waals surface area contributed by atoms with Gasteiger partial charge < -0.3 is 10.6 Å². The molecule has 2 rings (SSSR count). The summed E-state index contributed by atoms with van der Waals surface area (Å²) >= 11 is 5.88. The summed E-state index contributed by atoms with van der Waals surface area (Å²) in [6, 6.07) is 9.41. The van der Waals surface area contributed by atoms with Crippen molar-refractivity contribution < 1.29 is 14.0 Å². The summed E-state index contributed by atoms with van der Waals surface area (Å²) < 4.78 is 13.0. The van der Waals surface area contributed by atoms with Crippen LogP contribution in [0.5, 0.6) is 0 Å². The molecule has 5 nitrogen and oxygen atoms in total. The van der Waals surface area contributed by atoms with Gasteiger partial charge in [-0.1, -0.05) is 23.7 Å². The number of carbonyl (C=O) groups is 2. The molecule has 26 heavy (non-hydrogen) atoms. The van der Waals surface area contributed by atoms with E-state index < -0.39 is 5.82 Å². The van der Waals surface area contributed by atoms with Crippen LogP contribution < -0.4 is 10.6 Å². The van der Waals surface area contributed by atoms with Crippen LogP contribution in [-0.4, -0.2) is 36.9 Å². The van der Waals surface area contributed by atoms with Crippen molar-refractivity contribution in [3.8, 4) is 0 Å². The molecule has 0 bridgehead atoms. The van der Waals surface area contributed by atoms with Crippen LogP contribution in [0.4, 0.5) is 15.8 Å². The number of likely N-dealkylation sites (N-methyl/N-ethyl adjacent to an activating group) is 1. The maximum absolute atomic E-state index is 13.0. The predicted octanol–water partition coefficient (Wildman–Crippen LogP) is 3.60. The Morgan fingerprint density at radius 2 is 1.65 bits per heavy atom. The number of hydrogen-bond acceptors (Lipinski definition) is 3. The highest BCUT2D eigenvalue weighted by atomic mass is 35.5. The number of rotatable bonds is 6. The van der Waals surface area contributed by atoms with Gasteiger partial charge in [0.25, 0.3) is 0 Å². The normalized spacial score (nSPS) is 10.7. The lowest BCUT2D eigenvalue weighted by molar-refractivity contribution is -0.119. The molecule has 0 aliphatic heterocycles. The highest BCUT2D eigenvalue weighted by molar-refractivity contribution is 6.33. The van der Waals surface area contributed by atoms with Gasteiger partial charge in [0.2, 0.25) is 11.8 Å². The van der Waals surface area contributed by atoms with Crippen LogP contribution in [-0.2, 0) is 9.59 Å². The lowest BCUT2D eigenvalue weighted by Crippen LogP contribution is -2.36. The maximum atomic E-state index is 13.0. The monoisotopic (exact) mass is 377 g/mol. The van der Waals surface area contributed by atoms with E-state index in [1.807, 2.05) is 32.0 Å². The average molecular weight is 378 g/mol. The van der Waals surface area contributed by atoms with E-state index >= 15 is 0 Å². The molecule has 2 aromatic carbocycles. The number of aryl methyl sites for hydroxylation is 1. The molecule has 0 aliphatic carbocycles. The minimum absolute atomic E-state index is 0.00603. The van der Waals surface area contributed by atoms with E-state index in [4.69, 9.17) is 11.6 Å². The molecule has 0 fully saturated rings. The van der Waals surface area contributed by atoms with Gasteiger partial charge in [0, 0.05) is 5.69 Å². The molecule has 7 heteroatoms. The first-order valence-corrected chi connectivity index (χ1v) is 8.43. The van der Waals surface area contributed by atoms with Gasteiger partial charge in [-0.3, -0.25) is 14.5 Å². The van der Waals surface area contributed by atoms with E-state index in [0.717, 1.165) is 22.9 Å². The summed E-state index contributed by atoms with van der Waals surface area (Å²) in [5.41, 5.74) is 3.18. The third-order valence-corrected chi connectivity index (χ3v) is 4.22. The molecular weight excluding hydrogens is 357 g/mol. The number of amides is 2. The predicted molar refractivity (Wildman–Crippen MR) is 102 cm³/mol. The number of carbonyl (C=O) groups excluding carboxylic acids is 2. The van der Waals surface area contributed by atoms with Crippen LogP contribution in [0.3, 0.4) is 0 Å². The lowest BCUT2D eigenvalue weighted by atomic mass is 10.1. The third-order valence-electron chi connectivity index (χ3n) is 3.91. The van der Waals surface area contributed by atoms with Gasteiger partial charge in [0.05, 0.1) is 23.8 Å². The Labute approximate surface area is 157 Å². The number of halogens is 2. The first kappa shape index (κ1) is 19.9. The van der Waals surface area contributed by atoms with E-state index in [9.17, 15) is 14.0 Å². The maximum Gasteiger partial charge on any atom is 0.238 e. The lowest BCUT2D eigenvalue weighted by Gasteiger charge is -2.17. The van der Waals surface area contributed by atoms with Crippen LogP contribution in [0.15, 0.2) is 36.4 Å². The number of nitrogens with zero attached hydrogens (tertiary/aromatic N) is 1. The molecule has 0 radical (unpaired) electrons. The minimum atomic E-state index is -0.478. The zero-order chi connectivity index (χ0) is 19.3. The van der Waals surface area contributed by atoms with Crippen molar-refractivity contribution in [1.82, 2.24) is 4.90 Å². The molecule has 0 saturated heterocycles. The number of benzene rings is 2. The van der Waals surface area contributed by atoms with E-state index in [0.29, 0.717) is 5.69 Å². The first-order valence-electron chi connectivity index (χ1n) is 8.06. The Balaban J connectivity index is 1.87. The summed E-state index contributed by atoms with van der Waals surface area (Å²) in [5.74, 6) is -1.04. The van der Waals surface area contributed by atoms with Crippen molar-refractivity contribution in [3.05, 3.63) is 58.4 Å². The molecule has 0 unspecified atom stereocenters. The smallest absolute Gasteiger partial charge is 0.238 e. The van der Waals surface area contributed by atoms with E-state index in [1.54, 1.807) is 11.9 Å². The summed E-state index contributed by atoms with van der Waals surface area (Å²) in [5, 5.41) is 5.56. The van der Waals surface area contributed by atoms with Gasteiger partial charge in [0.15, 0.2) is 0 Å². The summed E-state index contributed by atoms with van der Waals surface area (Å²) in [7, 11) is 1.66. The molecule has 0 saturated carbocycles. The largest absolute Gasteiger partial charge is 0.325 e. The standard InChI is InChI=1S/C19H21ClFN3O2/c1-12-5-4-6-16(13(12)2)22-18(25)10-24(3)11-19(26)23-17-8-7-14(21)9-15(17)20/h4-9H,10-11H2,1-3H3,(H,22,25)(H,23,26). The Hall–Kier alpha value is -2.44. The van der Waals surface area contributed by atoms with Gasteiger partial charge >= 0.3 is 0 Å². The Morgan fingerprint density at radius 1 is 1.04 bits per heavy atom. The van der Waals surface area contributed by atoms with E-state index in [2.05, 4.69) is 10.6 Å². The molecule has 0 aliphatic rings. The molecule has 2 N–H and O–H groups in total. The van der Waals surface area contributed by atoms with Gasteiger partial charge in [-0.15, -0.1) is 0 Å². The van der Waals surface area contributed by atoms with Crippen LogP contribution in [0.2, 0.25) is 5.02 Å². The molecule has 138 valence electrons. The van der Waals surface area contributed by atoms with Crippen LogP contribution >= 0.6 is 11.6 Å². The van der Waals surface area contributed by atoms with Gasteiger partial charge in [-0.25, -0.2) is 4.39 Å². The number of nitrogens with one attached hydrogen (secondary N) is 2. The SMILES string of the molecule is Cc1cccc(NC(=O)CN(C)CC(=O)Nc2ccc(F)cc2Cl)c1C. The third kappa shape index (κ3) is 5.54. The fraction of sp³-hybridized carbons (Fsp3) is 0.263. The Kier molecular flexibility index (Phi) is 6.71. The topological polar surface area (TPSA) is 61.4 Å². The summed E-state index contributed by atoms with van der Waals surface area (Å²) in [6.45, 7) is 3.96. The molecule has 2 aromatic rings. The molecule has 0 atom stereocenters. The number of anilines is 2. The zero-order valence-electron chi connectivity index (χ0n) is 14.9. The zero-order valence-corrected chi connectivity index (χ0v) is 15.7. The first-order chi connectivity index (χ1) is 12.3. The summed E-state index contributed by atoms with van der Waals surface area (Å²) in [6.07, 6.45) is 0. The summed E-state index contributed by atoms with van der Waals surface area (Å²) in [4.78, 5) is 25.8. The fourth-order valence-electron chi connectivity index (χ4n) is 2.40. The van der Waals surface area contributed by atoms with Crippen molar-refractivity contribution in [2.24, 2.45) is 0 Å². The molecule has 0 spiro atoms. The minimum Gasteiger partial charge on any atom is -0.325 e. The van der Waals surface area contributed by atoms with Gasteiger partial charge in [-0.2, -0.15) is 0 Å². The van der Waals surface area contributed by atoms with E-state index in [-0.39, 0.29) is 29.9 Å². The molecular formula is C19H21ClFN3O2. The van der Waals surface area contributed by atoms with Gasteiger partial charge in [-0.05, 0) is 56.3 Å². The quantitative estimate of drug-likeness (QED) is 0.808.